The second-order valence-electron chi connectivity index (χ2n) is 7.10. The molecule has 0 bridgehead atoms. The van der Waals surface area contributed by atoms with Crippen LogP contribution in [0.25, 0.3) is 0 Å². The highest BCUT2D eigenvalue weighted by atomic mass is 32.2. The van der Waals surface area contributed by atoms with Gasteiger partial charge in [0.25, 0.3) is 5.91 Å². The number of amides is 1. The Morgan fingerprint density at radius 1 is 1.03 bits per heavy atom. The molecular formula is C22H25NO6S. The number of nitrogens with zero attached hydrogens (tertiary/aromatic N) is 1. The van der Waals surface area contributed by atoms with E-state index in [1.165, 1.54) is 12.1 Å². The van der Waals surface area contributed by atoms with Gasteiger partial charge >= 0.3 is 5.97 Å². The normalized spacial score (nSPS) is 15.4. The molecule has 8 heteroatoms. The molecule has 1 amide bonds. The molecule has 1 saturated heterocycles. The van der Waals surface area contributed by atoms with E-state index in [1.54, 1.807) is 47.4 Å². The Labute approximate surface area is 176 Å². The Bertz CT molecular complexity index is 966. The molecule has 2 aromatic rings. The van der Waals surface area contributed by atoms with Crippen LogP contribution in [0.1, 0.15) is 23.7 Å². The van der Waals surface area contributed by atoms with Crippen molar-refractivity contribution in [1.82, 2.24) is 4.90 Å². The Morgan fingerprint density at radius 3 is 2.30 bits per heavy atom. The van der Waals surface area contributed by atoms with Crippen molar-refractivity contribution in [3.8, 4) is 0 Å². The minimum atomic E-state index is -3.63. The maximum absolute atomic E-state index is 13.0. The maximum atomic E-state index is 13.0. The summed E-state index contributed by atoms with van der Waals surface area (Å²) in [5.41, 5.74) is 1.49. The number of rotatable bonds is 7. The van der Waals surface area contributed by atoms with E-state index >= 15 is 0 Å². The summed E-state index contributed by atoms with van der Waals surface area (Å²) in [5.74, 6) is -1.46. The van der Waals surface area contributed by atoms with Gasteiger partial charge in [-0.1, -0.05) is 48.0 Å². The van der Waals surface area contributed by atoms with Gasteiger partial charge in [-0.25, -0.2) is 8.42 Å². The number of hydrogen-bond donors (Lipinski definition) is 0. The molecule has 1 aliphatic rings. The highest BCUT2D eigenvalue weighted by molar-refractivity contribution is 7.91. The Morgan fingerprint density at radius 2 is 1.67 bits per heavy atom. The molecule has 7 nitrogen and oxygen atoms in total. The lowest BCUT2D eigenvalue weighted by atomic mass is 10.1. The van der Waals surface area contributed by atoms with Crippen molar-refractivity contribution >= 4 is 21.7 Å². The number of ether oxygens (including phenoxy) is 2. The Balaban J connectivity index is 1.68. The standard InChI is InChI=1S/C22H25NO6S/c1-17-7-9-19(10-8-17)30(26,27)16-11-20(24)29-21(18-5-3-2-4-6-18)22(25)23-12-14-28-15-13-23/h2-10,21H,11-16H2,1H3. The van der Waals surface area contributed by atoms with Crippen LogP contribution in [0.5, 0.6) is 0 Å². The zero-order valence-electron chi connectivity index (χ0n) is 16.8. The molecule has 0 aliphatic carbocycles. The van der Waals surface area contributed by atoms with Crippen molar-refractivity contribution in [3.63, 3.8) is 0 Å². The third-order valence-corrected chi connectivity index (χ3v) is 6.59. The van der Waals surface area contributed by atoms with Gasteiger partial charge in [-0.3, -0.25) is 9.59 Å². The van der Waals surface area contributed by atoms with E-state index in [0.29, 0.717) is 31.9 Å². The van der Waals surface area contributed by atoms with Crippen molar-refractivity contribution in [2.45, 2.75) is 24.3 Å². The largest absolute Gasteiger partial charge is 0.447 e. The highest BCUT2D eigenvalue weighted by Crippen LogP contribution is 2.22. The average Bonchev–Trinajstić information content (AvgIpc) is 2.77. The van der Waals surface area contributed by atoms with E-state index < -0.39 is 21.9 Å². The summed E-state index contributed by atoms with van der Waals surface area (Å²) in [6.07, 6.45) is -1.45. The third kappa shape index (κ3) is 5.67. The van der Waals surface area contributed by atoms with Crippen molar-refractivity contribution in [1.29, 1.82) is 0 Å². The first kappa shape index (κ1) is 22.0. The van der Waals surface area contributed by atoms with Crippen molar-refractivity contribution in [2.24, 2.45) is 0 Å². The van der Waals surface area contributed by atoms with Crippen LogP contribution in [0.2, 0.25) is 0 Å². The zero-order valence-corrected chi connectivity index (χ0v) is 17.6. The molecule has 1 aliphatic heterocycles. The van der Waals surface area contributed by atoms with Crippen LogP contribution in [0.3, 0.4) is 0 Å². The first-order valence-corrected chi connectivity index (χ1v) is 11.4. The predicted octanol–water partition coefficient (Wildman–Crippen LogP) is 2.30. The number of sulfone groups is 1. The number of esters is 1. The van der Waals surface area contributed by atoms with Crippen LogP contribution < -0.4 is 0 Å². The van der Waals surface area contributed by atoms with Crippen molar-refractivity contribution < 1.29 is 27.5 Å². The summed E-state index contributed by atoms with van der Waals surface area (Å²) >= 11 is 0. The summed E-state index contributed by atoms with van der Waals surface area (Å²) in [4.78, 5) is 27.2. The zero-order chi connectivity index (χ0) is 21.6. The fraction of sp³-hybridized carbons (Fsp3) is 0.364. The second-order valence-corrected chi connectivity index (χ2v) is 9.21. The summed E-state index contributed by atoms with van der Waals surface area (Å²) < 4.78 is 35.7. The summed E-state index contributed by atoms with van der Waals surface area (Å²) in [7, 11) is -3.63. The molecule has 0 N–H and O–H groups in total. The SMILES string of the molecule is Cc1ccc(S(=O)(=O)CCC(=O)OC(C(=O)N2CCOCC2)c2ccccc2)cc1. The minimum Gasteiger partial charge on any atom is -0.447 e. The van der Waals surface area contributed by atoms with Gasteiger partial charge in [0.15, 0.2) is 9.84 Å². The van der Waals surface area contributed by atoms with E-state index in [1.807, 2.05) is 6.92 Å². The number of morpholine rings is 1. The van der Waals surface area contributed by atoms with Gasteiger partial charge in [0.2, 0.25) is 6.10 Å². The van der Waals surface area contributed by atoms with Gasteiger partial charge in [-0.05, 0) is 19.1 Å². The number of carbonyl (C=O) groups is 2. The highest BCUT2D eigenvalue weighted by Gasteiger charge is 2.31. The topological polar surface area (TPSA) is 90.0 Å². The minimum absolute atomic E-state index is 0.157. The lowest BCUT2D eigenvalue weighted by molar-refractivity contribution is -0.162. The molecule has 0 spiro atoms. The van der Waals surface area contributed by atoms with E-state index in [9.17, 15) is 18.0 Å². The molecule has 1 heterocycles. The fourth-order valence-electron chi connectivity index (χ4n) is 3.11. The fourth-order valence-corrected chi connectivity index (χ4v) is 4.33. The van der Waals surface area contributed by atoms with E-state index in [-0.39, 0.29) is 23.0 Å². The van der Waals surface area contributed by atoms with E-state index in [0.717, 1.165) is 5.56 Å². The van der Waals surface area contributed by atoms with Gasteiger partial charge < -0.3 is 14.4 Å². The summed E-state index contributed by atoms with van der Waals surface area (Å²) in [5, 5.41) is 0. The molecule has 0 radical (unpaired) electrons. The Hall–Kier alpha value is -2.71. The molecular weight excluding hydrogens is 406 g/mol. The summed E-state index contributed by atoms with van der Waals surface area (Å²) in [6.45, 7) is 3.55. The van der Waals surface area contributed by atoms with Gasteiger partial charge in [0, 0.05) is 18.7 Å². The summed E-state index contributed by atoms with van der Waals surface area (Å²) in [6, 6.07) is 15.2. The monoisotopic (exact) mass is 431 g/mol. The molecule has 0 saturated carbocycles. The van der Waals surface area contributed by atoms with Gasteiger partial charge in [-0.2, -0.15) is 0 Å². The lowest BCUT2D eigenvalue weighted by Gasteiger charge is -2.30. The molecule has 1 unspecified atom stereocenters. The molecule has 0 aromatic heterocycles. The molecule has 1 atom stereocenters. The Kier molecular flexibility index (Phi) is 7.23. The molecule has 2 aromatic carbocycles. The molecule has 160 valence electrons. The van der Waals surface area contributed by atoms with Crippen LogP contribution in [-0.4, -0.2) is 57.3 Å². The number of hydrogen-bond acceptors (Lipinski definition) is 6. The predicted molar refractivity (Wildman–Crippen MR) is 111 cm³/mol. The van der Waals surface area contributed by atoms with Crippen LogP contribution in [0.4, 0.5) is 0 Å². The first-order chi connectivity index (χ1) is 14.4. The average molecular weight is 432 g/mol. The van der Waals surface area contributed by atoms with Gasteiger partial charge in [0.1, 0.15) is 0 Å². The molecule has 30 heavy (non-hydrogen) atoms. The van der Waals surface area contributed by atoms with Crippen LogP contribution >= 0.6 is 0 Å². The smallest absolute Gasteiger partial charge is 0.307 e. The number of carbonyl (C=O) groups excluding carboxylic acids is 2. The number of aryl methyl sites for hydroxylation is 1. The molecule has 1 fully saturated rings. The first-order valence-electron chi connectivity index (χ1n) is 9.77. The van der Waals surface area contributed by atoms with Crippen LogP contribution in [0.15, 0.2) is 59.5 Å². The molecule has 3 rings (SSSR count). The van der Waals surface area contributed by atoms with E-state index in [4.69, 9.17) is 9.47 Å². The lowest BCUT2D eigenvalue weighted by Crippen LogP contribution is -2.44. The second kappa shape index (κ2) is 9.86. The van der Waals surface area contributed by atoms with Crippen LogP contribution in [-0.2, 0) is 28.9 Å². The van der Waals surface area contributed by atoms with Crippen LogP contribution in [0, 0.1) is 6.92 Å². The maximum Gasteiger partial charge on any atom is 0.307 e. The number of benzene rings is 2. The quantitative estimate of drug-likeness (QED) is 0.625. The van der Waals surface area contributed by atoms with Gasteiger partial charge in [0.05, 0.1) is 30.3 Å². The van der Waals surface area contributed by atoms with E-state index in [2.05, 4.69) is 0 Å². The van der Waals surface area contributed by atoms with Crippen molar-refractivity contribution in [3.05, 3.63) is 65.7 Å². The third-order valence-electron chi connectivity index (χ3n) is 4.85. The van der Waals surface area contributed by atoms with Crippen molar-refractivity contribution in [2.75, 3.05) is 32.1 Å². The van der Waals surface area contributed by atoms with Gasteiger partial charge in [-0.15, -0.1) is 0 Å².